The number of carbonyl (C=O) groups is 1. The lowest BCUT2D eigenvalue weighted by Crippen LogP contribution is -2.59. The van der Waals surface area contributed by atoms with Gasteiger partial charge in [-0.15, -0.1) is 0 Å². The Morgan fingerprint density at radius 3 is 1.00 bits per heavy atom. The molecule has 0 atom stereocenters. The van der Waals surface area contributed by atoms with E-state index < -0.39 is 17.9 Å². The van der Waals surface area contributed by atoms with Crippen molar-refractivity contribution < 1.29 is 14.3 Å². The van der Waals surface area contributed by atoms with Crippen molar-refractivity contribution in [2.75, 3.05) is 56.4 Å². The van der Waals surface area contributed by atoms with Crippen molar-refractivity contribution in [3.63, 3.8) is 0 Å². The van der Waals surface area contributed by atoms with Gasteiger partial charge in [0.25, 0.3) is 0 Å². The number of hydrogen-bond acceptors (Lipinski definition) is 7. The normalized spacial score (nSPS) is 13.5. The van der Waals surface area contributed by atoms with Gasteiger partial charge in [-0.25, -0.2) is 4.79 Å². The molecule has 0 spiro atoms. The molecule has 0 heterocycles. The van der Waals surface area contributed by atoms with Crippen LogP contribution in [0.25, 0.3) is 0 Å². The summed E-state index contributed by atoms with van der Waals surface area (Å²) in [6, 6.07) is 0. The molecule has 0 amide bonds. The second-order valence-electron chi connectivity index (χ2n) is 5.90. The highest BCUT2D eigenvalue weighted by Gasteiger charge is 2.40. The highest BCUT2D eigenvalue weighted by Crippen LogP contribution is 2.21. The first-order valence-corrected chi connectivity index (χ1v) is 6.49. The Bertz CT molecular complexity index is 284. The maximum absolute atomic E-state index is 12.1. The minimum Gasteiger partial charge on any atom is -0.399 e. The topological polar surface area (TPSA) is 48.5 Å². The molecule has 20 heavy (non-hydrogen) atoms. The van der Waals surface area contributed by atoms with E-state index >= 15 is 0 Å². The summed E-state index contributed by atoms with van der Waals surface area (Å²) >= 11 is 0. The van der Waals surface area contributed by atoms with Crippen molar-refractivity contribution in [3.8, 4) is 0 Å². The molecule has 0 saturated carbocycles. The van der Waals surface area contributed by atoms with Gasteiger partial charge in [-0.3, -0.25) is 19.6 Å². The number of carbonyl (C=O) groups excluding carboxylic acids is 1. The number of rotatable bonds is 6. The summed E-state index contributed by atoms with van der Waals surface area (Å²) in [5.74, 6) is -1.76. The highest BCUT2D eigenvalue weighted by atomic mass is 16.8. The Balaban J connectivity index is 5.02. The fraction of sp³-hybridized carbons (Fsp3) is 0.923. The largest absolute Gasteiger partial charge is 0.513 e. The summed E-state index contributed by atoms with van der Waals surface area (Å²) in [6.07, 6.45) is -0.722. The van der Waals surface area contributed by atoms with E-state index in [0.29, 0.717) is 0 Å². The van der Waals surface area contributed by atoms with E-state index in [1.807, 2.05) is 56.4 Å². The molecule has 7 heteroatoms. The predicted octanol–water partition coefficient (Wildman–Crippen LogP) is 0.733. The summed E-state index contributed by atoms with van der Waals surface area (Å²) in [5.41, 5.74) is 0. The van der Waals surface area contributed by atoms with Crippen LogP contribution in [-0.2, 0) is 9.47 Å². The third-order valence-corrected chi connectivity index (χ3v) is 3.87. The fourth-order valence-corrected chi connectivity index (χ4v) is 1.50. The zero-order valence-corrected chi connectivity index (χ0v) is 14.5. The molecule has 0 fully saturated rings. The second-order valence-corrected chi connectivity index (χ2v) is 5.90. The molecular formula is C13H30N4O3. The summed E-state index contributed by atoms with van der Waals surface area (Å²) in [7, 11) is 14.7. The summed E-state index contributed by atoms with van der Waals surface area (Å²) in [4.78, 5) is 19.4. The zero-order valence-electron chi connectivity index (χ0n) is 14.5. The van der Waals surface area contributed by atoms with Gasteiger partial charge in [0.2, 0.25) is 11.7 Å². The van der Waals surface area contributed by atoms with Crippen LogP contribution in [0.4, 0.5) is 4.79 Å². The molecule has 0 unspecified atom stereocenters. The fourth-order valence-electron chi connectivity index (χ4n) is 1.50. The van der Waals surface area contributed by atoms with Gasteiger partial charge < -0.3 is 9.47 Å². The Kier molecular flexibility index (Phi) is 6.41. The van der Waals surface area contributed by atoms with E-state index in [-0.39, 0.29) is 0 Å². The first kappa shape index (κ1) is 19.1. The van der Waals surface area contributed by atoms with Gasteiger partial charge in [-0.1, -0.05) is 0 Å². The number of nitrogens with zero attached hydrogens (tertiary/aromatic N) is 4. The van der Waals surface area contributed by atoms with Crippen LogP contribution in [0.2, 0.25) is 0 Å². The molecule has 0 aromatic heterocycles. The molecule has 0 aliphatic heterocycles. The Labute approximate surface area is 123 Å². The van der Waals surface area contributed by atoms with Crippen LogP contribution in [0.15, 0.2) is 0 Å². The molecule has 0 bridgehead atoms. The molecule has 0 aromatic carbocycles. The quantitative estimate of drug-likeness (QED) is 0.528. The van der Waals surface area contributed by atoms with E-state index in [4.69, 9.17) is 9.47 Å². The van der Waals surface area contributed by atoms with Crippen molar-refractivity contribution in [2.45, 2.75) is 25.5 Å². The highest BCUT2D eigenvalue weighted by molar-refractivity contribution is 5.61. The molecule has 0 radical (unpaired) electrons. The minimum absolute atomic E-state index is 0.722. The van der Waals surface area contributed by atoms with Gasteiger partial charge in [0.05, 0.1) is 0 Å². The lowest BCUT2D eigenvalue weighted by molar-refractivity contribution is -0.227. The van der Waals surface area contributed by atoms with Crippen LogP contribution < -0.4 is 0 Å². The summed E-state index contributed by atoms with van der Waals surface area (Å²) in [6.45, 7) is 3.60. The van der Waals surface area contributed by atoms with Gasteiger partial charge >= 0.3 is 6.16 Å². The van der Waals surface area contributed by atoms with Gasteiger partial charge in [-0.05, 0) is 56.4 Å². The first-order chi connectivity index (χ1) is 8.87. The third-order valence-electron chi connectivity index (χ3n) is 3.87. The van der Waals surface area contributed by atoms with E-state index in [0.717, 1.165) is 0 Å². The van der Waals surface area contributed by atoms with Crippen LogP contribution in [0.1, 0.15) is 13.8 Å². The molecule has 0 aliphatic carbocycles. The third kappa shape index (κ3) is 4.05. The molecule has 7 nitrogen and oxygen atoms in total. The average Bonchev–Trinajstić information content (AvgIpc) is 2.27. The van der Waals surface area contributed by atoms with Crippen molar-refractivity contribution in [1.82, 2.24) is 19.6 Å². The van der Waals surface area contributed by atoms with Crippen molar-refractivity contribution >= 4 is 6.16 Å². The average molecular weight is 290 g/mol. The Morgan fingerprint density at radius 2 is 0.850 bits per heavy atom. The lowest BCUT2D eigenvalue weighted by atomic mass is 10.4. The molecular weight excluding hydrogens is 260 g/mol. The smallest absolute Gasteiger partial charge is 0.399 e. The standard InChI is InChI=1S/C13H30N4O3/c1-12(14(3)4,15(5)6)19-11(18)20-13(2,16(7)8)17(9)10/h1-10H3. The van der Waals surface area contributed by atoms with Gasteiger partial charge in [0.1, 0.15) is 0 Å². The minimum atomic E-state index is -0.878. The zero-order chi connectivity index (χ0) is 16.3. The van der Waals surface area contributed by atoms with E-state index in [2.05, 4.69) is 0 Å². The molecule has 0 rings (SSSR count). The molecule has 0 N–H and O–H groups in total. The summed E-state index contributed by atoms with van der Waals surface area (Å²) < 4.78 is 11.0. The Morgan fingerprint density at radius 1 is 0.650 bits per heavy atom. The van der Waals surface area contributed by atoms with Gasteiger partial charge in [-0.2, -0.15) is 0 Å². The lowest BCUT2D eigenvalue weighted by Gasteiger charge is -2.43. The predicted molar refractivity (Wildman–Crippen MR) is 79.1 cm³/mol. The van der Waals surface area contributed by atoms with Gasteiger partial charge in [0, 0.05) is 13.8 Å². The maximum atomic E-state index is 12.1. The first-order valence-electron chi connectivity index (χ1n) is 6.49. The van der Waals surface area contributed by atoms with Crippen molar-refractivity contribution in [2.24, 2.45) is 0 Å². The van der Waals surface area contributed by atoms with Gasteiger partial charge in [0.15, 0.2) is 0 Å². The van der Waals surface area contributed by atoms with Crippen LogP contribution in [0.5, 0.6) is 0 Å². The van der Waals surface area contributed by atoms with Crippen LogP contribution in [-0.4, -0.2) is 93.8 Å². The van der Waals surface area contributed by atoms with Crippen molar-refractivity contribution in [1.29, 1.82) is 0 Å². The molecule has 0 aromatic rings. The maximum Gasteiger partial charge on any atom is 0.513 e. The van der Waals surface area contributed by atoms with Crippen LogP contribution in [0.3, 0.4) is 0 Å². The van der Waals surface area contributed by atoms with Crippen LogP contribution >= 0.6 is 0 Å². The summed E-state index contributed by atoms with van der Waals surface area (Å²) in [5, 5.41) is 0. The molecule has 0 aliphatic rings. The van der Waals surface area contributed by atoms with E-state index in [9.17, 15) is 4.79 Å². The van der Waals surface area contributed by atoms with Crippen LogP contribution in [0, 0.1) is 0 Å². The van der Waals surface area contributed by atoms with Crippen molar-refractivity contribution in [3.05, 3.63) is 0 Å². The monoisotopic (exact) mass is 290 g/mol. The molecule has 120 valence electrons. The second kappa shape index (κ2) is 6.71. The van der Waals surface area contributed by atoms with E-state index in [1.54, 1.807) is 33.4 Å². The Hall–Kier alpha value is -0.890. The van der Waals surface area contributed by atoms with E-state index in [1.165, 1.54) is 0 Å². The SMILES string of the molecule is CN(C)C(C)(OC(=O)OC(C)(N(C)C)N(C)C)N(C)C. The number of hydrogen-bond donors (Lipinski definition) is 0. The molecule has 0 saturated heterocycles. The number of ether oxygens (including phenoxy) is 2.